The van der Waals surface area contributed by atoms with Crippen LogP contribution in [-0.2, 0) is 21.6 Å². The van der Waals surface area contributed by atoms with Crippen LogP contribution in [0.15, 0.2) is 116 Å². The minimum atomic E-state index is -0.861. The molecule has 0 saturated heterocycles. The number of halogens is 1. The number of anilines is 1. The highest BCUT2D eigenvalue weighted by atomic mass is 35.5. The summed E-state index contributed by atoms with van der Waals surface area (Å²) in [6.07, 6.45) is 10.0. The molecular formula is C46H46ClN7O2. The minimum Gasteiger partial charge on any atom is -0.466 e. The Bertz CT molecular complexity index is 2390. The van der Waals surface area contributed by atoms with E-state index in [1.807, 2.05) is 25.1 Å². The predicted octanol–water partition coefficient (Wildman–Crippen LogP) is 9.77. The molecule has 10 rings (SSSR count). The van der Waals surface area contributed by atoms with Gasteiger partial charge < -0.3 is 19.2 Å². The van der Waals surface area contributed by atoms with Crippen molar-refractivity contribution in [3.05, 3.63) is 137 Å². The van der Waals surface area contributed by atoms with Crippen molar-refractivity contribution >= 4 is 45.6 Å². The fraction of sp³-hybridized carbons (Fsp3) is 0.326. The zero-order valence-corrected chi connectivity index (χ0v) is 32.7. The van der Waals surface area contributed by atoms with Gasteiger partial charge in [0.15, 0.2) is 11.5 Å². The number of benzene rings is 3. The summed E-state index contributed by atoms with van der Waals surface area (Å²) >= 11 is 6.70. The van der Waals surface area contributed by atoms with Gasteiger partial charge in [0.25, 0.3) is 0 Å². The first-order chi connectivity index (χ1) is 27.4. The molecule has 0 spiro atoms. The summed E-state index contributed by atoms with van der Waals surface area (Å²) < 4.78 is 10.1. The Morgan fingerprint density at radius 2 is 1.45 bits per heavy atom. The SMILES string of the molecule is CCOC(=O)[C@H]1C2CCC(CC2)[C@@H]1Nc1nc(-c2cn(C(c3ccccc3)(c3ccccc3)c3ccccc3)c3ncc(Cl)nc23)nc2c1ccn2CC(C)C. The molecule has 9 nitrogen and oxygen atoms in total. The van der Waals surface area contributed by atoms with Gasteiger partial charge >= 0.3 is 5.97 Å². The predicted molar refractivity (Wildman–Crippen MR) is 221 cm³/mol. The summed E-state index contributed by atoms with van der Waals surface area (Å²) in [5, 5.41) is 5.05. The quantitative estimate of drug-likeness (QED) is 0.103. The molecule has 10 heteroatoms. The van der Waals surface area contributed by atoms with Crippen LogP contribution in [-0.4, -0.2) is 47.7 Å². The highest BCUT2D eigenvalue weighted by Gasteiger charge is 2.48. The van der Waals surface area contributed by atoms with E-state index in [-0.39, 0.29) is 29.0 Å². The lowest BCUT2D eigenvalue weighted by molar-refractivity contribution is -0.154. The molecule has 4 heterocycles. The summed E-state index contributed by atoms with van der Waals surface area (Å²) in [5.74, 6) is 1.87. The van der Waals surface area contributed by atoms with E-state index >= 15 is 0 Å². The Morgan fingerprint density at radius 1 is 0.839 bits per heavy atom. The number of hydrogen-bond donors (Lipinski definition) is 1. The molecule has 3 aliphatic rings. The fourth-order valence-corrected chi connectivity index (χ4v) is 9.71. The Labute approximate surface area is 332 Å². The van der Waals surface area contributed by atoms with E-state index in [0.717, 1.165) is 60.0 Å². The topological polar surface area (TPSA) is 99.8 Å². The van der Waals surface area contributed by atoms with Crippen LogP contribution in [0.3, 0.4) is 0 Å². The van der Waals surface area contributed by atoms with Crippen LogP contribution < -0.4 is 5.32 Å². The van der Waals surface area contributed by atoms with E-state index in [9.17, 15) is 4.79 Å². The van der Waals surface area contributed by atoms with Gasteiger partial charge in [-0.05, 0) is 73.1 Å². The van der Waals surface area contributed by atoms with E-state index < -0.39 is 5.54 Å². The molecule has 4 aromatic heterocycles. The number of nitrogens with zero attached hydrogens (tertiary/aromatic N) is 6. The number of ether oxygens (including phenoxy) is 1. The van der Waals surface area contributed by atoms with Gasteiger partial charge in [-0.2, -0.15) is 0 Å². The first-order valence-electron chi connectivity index (χ1n) is 19.9. The second kappa shape index (κ2) is 14.8. The lowest BCUT2D eigenvalue weighted by Gasteiger charge is -2.47. The van der Waals surface area contributed by atoms with Crippen molar-refractivity contribution in [1.29, 1.82) is 0 Å². The van der Waals surface area contributed by atoms with E-state index in [2.05, 4.69) is 120 Å². The molecule has 3 aliphatic carbocycles. The smallest absolute Gasteiger partial charge is 0.311 e. The first kappa shape index (κ1) is 36.1. The molecule has 3 fully saturated rings. The van der Waals surface area contributed by atoms with Crippen molar-refractivity contribution in [1.82, 2.24) is 29.1 Å². The maximum Gasteiger partial charge on any atom is 0.311 e. The lowest BCUT2D eigenvalue weighted by atomic mass is 9.61. The Kier molecular flexibility index (Phi) is 9.57. The zero-order valence-electron chi connectivity index (χ0n) is 32.0. The lowest BCUT2D eigenvalue weighted by Crippen LogP contribution is -2.52. The van der Waals surface area contributed by atoms with Crippen LogP contribution in [0.25, 0.3) is 33.6 Å². The second-order valence-electron chi connectivity index (χ2n) is 15.7. The maximum atomic E-state index is 13.6. The van der Waals surface area contributed by atoms with E-state index in [1.165, 1.54) is 0 Å². The van der Waals surface area contributed by atoms with Crippen LogP contribution >= 0.6 is 11.6 Å². The van der Waals surface area contributed by atoms with Crippen LogP contribution in [0.1, 0.15) is 63.1 Å². The van der Waals surface area contributed by atoms with Crippen molar-refractivity contribution in [3.8, 4) is 11.4 Å². The molecule has 0 unspecified atom stereocenters. The summed E-state index contributed by atoms with van der Waals surface area (Å²) in [4.78, 5) is 34.2. The minimum absolute atomic E-state index is 0.0987. The Morgan fingerprint density at radius 3 is 2.04 bits per heavy atom. The summed E-state index contributed by atoms with van der Waals surface area (Å²) in [6.45, 7) is 7.44. The van der Waals surface area contributed by atoms with Gasteiger partial charge in [0.2, 0.25) is 0 Å². The molecule has 7 aromatic rings. The number of nitrogens with one attached hydrogen (secondary N) is 1. The number of rotatable bonds is 11. The van der Waals surface area contributed by atoms with Gasteiger partial charge in [0, 0.05) is 25.0 Å². The fourth-order valence-electron chi connectivity index (χ4n) is 9.57. The van der Waals surface area contributed by atoms with Crippen LogP contribution in [0.2, 0.25) is 5.15 Å². The van der Waals surface area contributed by atoms with Gasteiger partial charge in [-0.15, -0.1) is 0 Å². The average Bonchev–Trinajstić information content (AvgIpc) is 3.81. The molecular weight excluding hydrogens is 718 g/mol. The van der Waals surface area contributed by atoms with Crippen molar-refractivity contribution < 1.29 is 9.53 Å². The summed E-state index contributed by atoms with van der Waals surface area (Å²) in [6, 6.07) is 33.5. The van der Waals surface area contributed by atoms with Crippen molar-refractivity contribution in [3.63, 3.8) is 0 Å². The first-order valence-corrected chi connectivity index (χ1v) is 20.3. The van der Waals surface area contributed by atoms with E-state index in [0.29, 0.717) is 46.8 Å². The Balaban J connectivity index is 1.30. The second-order valence-corrected chi connectivity index (χ2v) is 16.1. The molecule has 284 valence electrons. The van der Waals surface area contributed by atoms with Crippen LogP contribution in [0.5, 0.6) is 0 Å². The van der Waals surface area contributed by atoms with Gasteiger partial charge in [0.1, 0.15) is 27.7 Å². The number of aromatic nitrogens is 6. The zero-order chi connectivity index (χ0) is 38.4. The van der Waals surface area contributed by atoms with Crippen molar-refractivity contribution in [2.24, 2.45) is 23.7 Å². The molecule has 0 amide bonds. The maximum absolute atomic E-state index is 13.6. The third-order valence-corrected chi connectivity index (χ3v) is 12.1. The standard InChI is InChI=1S/C46H46ClN7O2/c1-4-56-45(55)38-30-20-22-31(23-21-30)39(38)50-41-35-24-25-53(27-29(2)3)43(35)52-42(51-41)36-28-54(44-40(36)49-37(47)26-48-44)46(32-14-8-5-9-15-32,33-16-10-6-11-17-33)34-18-12-7-13-19-34/h5-19,24-26,28-31,38-39H,4,20-23,27H2,1-3H3,(H,50,51,52)/t30?,31?,38-,39-/m0/s1. The van der Waals surface area contributed by atoms with Gasteiger partial charge in [-0.25, -0.2) is 19.9 Å². The number of carbonyl (C=O) groups is 1. The van der Waals surface area contributed by atoms with Gasteiger partial charge in [0.05, 0.1) is 29.7 Å². The summed E-state index contributed by atoms with van der Waals surface area (Å²) in [7, 11) is 0. The molecule has 3 saturated carbocycles. The van der Waals surface area contributed by atoms with Crippen LogP contribution in [0.4, 0.5) is 5.82 Å². The van der Waals surface area contributed by atoms with E-state index in [4.69, 9.17) is 36.3 Å². The van der Waals surface area contributed by atoms with E-state index in [1.54, 1.807) is 6.20 Å². The number of carbonyl (C=O) groups excluding carboxylic acids is 1. The normalized spacial score (nSPS) is 19.5. The molecule has 0 radical (unpaired) electrons. The highest BCUT2D eigenvalue weighted by Crippen LogP contribution is 2.48. The molecule has 0 aliphatic heterocycles. The average molecular weight is 764 g/mol. The third-order valence-electron chi connectivity index (χ3n) is 11.9. The molecule has 3 aromatic carbocycles. The Hall–Kier alpha value is -5.54. The largest absolute Gasteiger partial charge is 0.466 e. The highest BCUT2D eigenvalue weighted by molar-refractivity contribution is 6.29. The van der Waals surface area contributed by atoms with Crippen LogP contribution in [0, 0.1) is 23.7 Å². The molecule has 2 atom stereocenters. The molecule has 56 heavy (non-hydrogen) atoms. The number of esters is 1. The van der Waals surface area contributed by atoms with Crippen molar-refractivity contribution in [2.45, 2.75) is 64.6 Å². The van der Waals surface area contributed by atoms with Gasteiger partial charge in [-0.3, -0.25) is 4.79 Å². The molecule has 2 bridgehead atoms. The monoisotopic (exact) mass is 763 g/mol. The number of fused-ring (bicyclic) bond motifs is 5. The van der Waals surface area contributed by atoms with Gasteiger partial charge in [-0.1, -0.05) is 116 Å². The number of hydrogen-bond acceptors (Lipinski definition) is 7. The summed E-state index contributed by atoms with van der Waals surface area (Å²) in [5.41, 5.74) is 5.06. The third kappa shape index (κ3) is 6.13. The molecule has 1 N–H and O–H groups in total. The van der Waals surface area contributed by atoms with Crippen molar-refractivity contribution in [2.75, 3.05) is 11.9 Å².